The molecule has 2 aromatic rings. The van der Waals surface area contributed by atoms with E-state index >= 15 is 0 Å². The Balaban J connectivity index is 0.000000347. The molecule has 0 fully saturated rings. The summed E-state index contributed by atoms with van der Waals surface area (Å²) in [5.41, 5.74) is 1.88. The number of carbonyl (C=O) groups is 1. The monoisotopic (exact) mass is 295 g/mol. The molecule has 1 heterocycles. The van der Waals surface area contributed by atoms with Gasteiger partial charge in [-0.3, -0.25) is 4.79 Å². The third-order valence-corrected chi connectivity index (χ3v) is 2.71. The highest BCUT2D eigenvalue weighted by molar-refractivity contribution is 6.30. The number of aromatic nitrogens is 1. The zero-order valence-corrected chi connectivity index (χ0v) is 12.5. The molecule has 108 valence electrons. The van der Waals surface area contributed by atoms with Gasteiger partial charge in [0.25, 0.3) is 0 Å². The molecule has 0 aliphatic carbocycles. The predicted molar refractivity (Wildman–Crippen MR) is 79.0 cm³/mol. The fraction of sp³-hybridized carbons (Fsp3) is 0.333. The van der Waals surface area contributed by atoms with Gasteiger partial charge < -0.3 is 9.52 Å². The van der Waals surface area contributed by atoms with Crippen molar-refractivity contribution in [2.75, 3.05) is 0 Å². The summed E-state index contributed by atoms with van der Waals surface area (Å²) in [6.07, 6.45) is 1.90. The number of hydrogen-bond donors (Lipinski definition) is 1. The topological polar surface area (TPSA) is 63.3 Å². The molecule has 4 nitrogen and oxygen atoms in total. The van der Waals surface area contributed by atoms with Crippen LogP contribution in [0.1, 0.15) is 39.0 Å². The van der Waals surface area contributed by atoms with Crippen molar-refractivity contribution in [3.05, 3.63) is 41.4 Å². The number of oxazole rings is 1. The maximum absolute atomic E-state index is 9.37. The van der Waals surface area contributed by atoms with E-state index in [2.05, 4.69) is 18.8 Å². The predicted octanol–water partition coefficient (Wildman–Crippen LogP) is 4.60. The van der Waals surface area contributed by atoms with Crippen LogP contribution in [-0.2, 0) is 4.79 Å². The van der Waals surface area contributed by atoms with Gasteiger partial charge in [-0.2, -0.15) is 0 Å². The Labute approximate surface area is 123 Å². The van der Waals surface area contributed by atoms with E-state index in [4.69, 9.17) is 21.1 Å². The van der Waals surface area contributed by atoms with Crippen LogP contribution in [0, 0.1) is 0 Å². The van der Waals surface area contributed by atoms with Crippen LogP contribution < -0.4 is 0 Å². The molecule has 0 spiro atoms. The highest BCUT2D eigenvalue weighted by Gasteiger charge is 2.08. The molecule has 0 radical (unpaired) electrons. The van der Waals surface area contributed by atoms with Crippen molar-refractivity contribution in [2.24, 2.45) is 0 Å². The fourth-order valence-corrected chi connectivity index (χ4v) is 1.43. The van der Waals surface area contributed by atoms with Gasteiger partial charge in [-0.1, -0.05) is 44.5 Å². The quantitative estimate of drug-likeness (QED) is 0.899. The van der Waals surface area contributed by atoms with Gasteiger partial charge in [0.15, 0.2) is 5.89 Å². The number of aliphatic carboxylic acids is 1. The van der Waals surface area contributed by atoms with Gasteiger partial charge in [0.1, 0.15) is 12.0 Å². The minimum Gasteiger partial charge on any atom is -0.481 e. The molecule has 20 heavy (non-hydrogen) atoms. The molecule has 0 saturated heterocycles. The van der Waals surface area contributed by atoms with Gasteiger partial charge in [-0.25, -0.2) is 4.98 Å². The van der Waals surface area contributed by atoms with E-state index in [9.17, 15) is 4.79 Å². The van der Waals surface area contributed by atoms with E-state index in [0.717, 1.165) is 22.2 Å². The highest BCUT2D eigenvalue weighted by atomic mass is 35.5. The molecule has 0 unspecified atom stereocenters. The van der Waals surface area contributed by atoms with E-state index in [1.807, 2.05) is 24.3 Å². The van der Waals surface area contributed by atoms with E-state index in [0.29, 0.717) is 5.92 Å². The van der Waals surface area contributed by atoms with Crippen LogP contribution in [0.3, 0.4) is 0 Å². The molecule has 0 atom stereocenters. The molecule has 0 bridgehead atoms. The molecular formula is C15H18ClNO3. The molecule has 1 aromatic heterocycles. The number of carboxylic acid groups (broad SMARTS) is 1. The second-order valence-corrected chi connectivity index (χ2v) is 4.92. The first-order valence-corrected chi connectivity index (χ1v) is 6.75. The lowest BCUT2D eigenvalue weighted by Crippen LogP contribution is -1.86. The summed E-state index contributed by atoms with van der Waals surface area (Å²) in [5, 5.41) is 8.45. The summed E-state index contributed by atoms with van der Waals surface area (Å²) < 4.78 is 5.37. The van der Waals surface area contributed by atoms with Gasteiger partial charge >= 0.3 is 5.97 Å². The summed E-state index contributed by atoms with van der Waals surface area (Å²) in [6.45, 7) is 5.71. The zero-order chi connectivity index (χ0) is 15.1. The van der Waals surface area contributed by atoms with Crippen LogP contribution in [0.5, 0.6) is 0 Å². The number of benzene rings is 1. The number of carboxylic acids is 1. The highest BCUT2D eigenvalue weighted by Crippen LogP contribution is 2.23. The second-order valence-electron chi connectivity index (χ2n) is 4.48. The van der Waals surface area contributed by atoms with Crippen molar-refractivity contribution >= 4 is 17.6 Å². The fourth-order valence-electron chi connectivity index (χ4n) is 1.31. The van der Waals surface area contributed by atoms with Crippen LogP contribution >= 0.6 is 11.6 Å². The lowest BCUT2D eigenvalue weighted by molar-refractivity contribution is -0.136. The van der Waals surface area contributed by atoms with Crippen LogP contribution in [0.4, 0.5) is 0 Å². The number of rotatable bonds is 3. The third-order valence-electron chi connectivity index (χ3n) is 2.46. The Morgan fingerprint density at radius 1 is 1.35 bits per heavy atom. The Morgan fingerprint density at radius 3 is 2.30 bits per heavy atom. The Morgan fingerprint density at radius 2 is 1.90 bits per heavy atom. The van der Waals surface area contributed by atoms with Gasteiger partial charge in [0.05, 0.1) is 0 Å². The number of hydrogen-bond acceptors (Lipinski definition) is 3. The van der Waals surface area contributed by atoms with Crippen molar-refractivity contribution in [2.45, 2.75) is 33.1 Å². The first-order chi connectivity index (χ1) is 9.43. The van der Waals surface area contributed by atoms with Gasteiger partial charge in [-0.15, -0.1) is 0 Å². The lowest BCUT2D eigenvalue weighted by atomic mass is 10.2. The Kier molecular flexibility index (Phi) is 6.25. The van der Waals surface area contributed by atoms with Gasteiger partial charge in [0, 0.05) is 22.9 Å². The summed E-state index contributed by atoms with van der Waals surface area (Å²) in [7, 11) is 0. The molecule has 0 aliphatic heterocycles. The maximum atomic E-state index is 9.37. The second kappa shape index (κ2) is 7.70. The molecule has 2 rings (SSSR count). The first-order valence-electron chi connectivity index (χ1n) is 6.37. The van der Waals surface area contributed by atoms with E-state index < -0.39 is 5.97 Å². The molecule has 0 amide bonds. The summed E-state index contributed by atoms with van der Waals surface area (Å²) in [6, 6.07) is 7.57. The zero-order valence-electron chi connectivity index (χ0n) is 11.8. The molecule has 1 aromatic carbocycles. The average Bonchev–Trinajstić information content (AvgIpc) is 2.90. The summed E-state index contributed by atoms with van der Waals surface area (Å²) >= 11 is 5.81. The van der Waals surface area contributed by atoms with E-state index in [1.54, 1.807) is 13.2 Å². The molecule has 0 saturated carbocycles. The van der Waals surface area contributed by atoms with Gasteiger partial charge in [0.2, 0.25) is 0 Å². The third kappa shape index (κ3) is 5.05. The first kappa shape index (κ1) is 16.2. The lowest BCUT2D eigenvalue weighted by Gasteiger charge is -1.96. The SMILES string of the molecule is CC(C)c1nc(-c2ccc(Cl)cc2)co1.CCC(=O)O. The van der Waals surface area contributed by atoms with Crippen molar-refractivity contribution in [1.29, 1.82) is 0 Å². The standard InChI is InChI=1S/C12H12ClNO.C3H6O2/c1-8(2)12-14-11(7-15-12)9-3-5-10(13)6-4-9;1-2-3(4)5/h3-8H,1-2H3;2H2,1H3,(H,4,5). The Bertz CT molecular complexity index is 547. The molecule has 1 N–H and O–H groups in total. The minimum absolute atomic E-state index is 0.222. The van der Waals surface area contributed by atoms with Crippen molar-refractivity contribution in [3.63, 3.8) is 0 Å². The van der Waals surface area contributed by atoms with E-state index in [1.165, 1.54) is 0 Å². The minimum atomic E-state index is -0.745. The van der Waals surface area contributed by atoms with Crippen molar-refractivity contribution < 1.29 is 14.3 Å². The number of halogens is 1. The van der Waals surface area contributed by atoms with Crippen molar-refractivity contribution in [1.82, 2.24) is 4.98 Å². The maximum Gasteiger partial charge on any atom is 0.303 e. The molecular weight excluding hydrogens is 278 g/mol. The van der Waals surface area contributed by atoms with E-state index in [-0.39, 0.29) is 6.42 Å². The molecule has 0 aliphatic rings. The normalized spacial score (nSPS) is 10.1. The smallest absolute Gasteiger partial charge is 0.303 e. The van der Waals surface area contributed by atoms with Crippen LogP contribution in [0.25, 0.3) is 11.3 Å². The van der Waals surface area contributed by atoms with Crippen molar-refractivity contribution in [3.8, 4) is 11.3 Å². The summed E-state index contributed by atoms with van der Waals surface area (Å²) in [5.74, 6) is 0.330. The van der Waals surface area contributed by atoms with Gasteiger partial charge in [-0.05, 0) is 12.1 Å². The molecule has 5 heteroatoms. The van der Waals surface area contributed by atoms with Crippen LogP contribution in [-0.4, -0.2) is 16.1 Å². The Hall–Kier alpha value is -1.81. The number of nitrogens with zero attached hydrogens (tertiary/aromatic N) is 1. The average molecular weight is 296 g/mol. The van der Waals surface area contributed by atoms with Crippen LogP contribution in [0.2, 0.25) is 5.02 Å². The summed E-state index contributed by atoms with van der Waals surface area (Å²) in [4.78, 5) is 13.8. The van der Waals surface area contributed by atoms with Crippen LogP contribution in [0.15, 0.2) is 34.9 Å². The largest absolute Gasteiger partial charge is 0.481 e.